The second-order valence-corrected chi connectivity index (χ2v) is 8.39. The standard InChI is InChI=1S/C24H22N2O4S/c1-2-14-30-20-11-10-17-8-4-5-9-18(17)19(20)15-21-23(28)26(24(29)31-21)16-22(27)25-12-6-3-7-13-25/h1,4-5,8-11,15H,3,6-7,12-14,16H2/b21-15-. The average molecular weight is 435 g/mol. The van der Waals surface area contributed by atoms with Crippen molar-refractivity contribution < 1.29 is 19.1 Å². The van der Waals surface area contributed by atoms with Crippen LogP contribution in [0.5, 0.6) is 5.75 Å². The molecule has 0 unspecified atom stereocenters. The molecule has 0 atom stereocenters. The van der Waals surface area contributed by atoms with E-state index in [-0.39, 0.29) is 24.0 Å². The highest BCUT2D eigenvalue weighted by molar-refractivity contribution is 8.18. The van der Waals surface area contributed by atoms with Gasteiger partial charge in [0, 0.05) is 18.7 Å². The minimum Gasteiger partial charge on any atom is -0.480 e. The highest BCUT2D eigenvalue weighted by atomic mass is 32.2. The number of nitrogens with zero attached hydrogens (tertiary/aromatic N) is 2. The molecule has 0 saturated carbocycles. The summed E-state index contributed by atoms with van der Waals surface area (Å²) in [5.41, 5.74) is 0.682. The number of likely N-dealkylation sites (tertiary alicyclic amines) is 1. The molecule has 4 rings (SSSR count). The van der Waals surface area contributed by atoms with Gasteiger partial charge in [-0.1, -0.05) is 36.3 Å². The van der Waals surface area contributed by atoms with Gasteiger partial charge in [0.15, 0.2) is 0 Å². The van der Waals surface area contributed by atoms with E-state index >= 15 is 0 Å². The van der Waals surface area contributed by atoms with Crippen LogP contribution in [-0.2, 0) is 9.59 Å². The number of fused-ring (bicyclic) bond motifs is 1. The van der Waals surface area contributed by atoms with Crippen LogP contribution in [0.2, 0.25) is 0 Å². The van der Waals surface area contributed by atoms with Gasteiger partial charge in [0.2, 0.25) is 5.91 Å². The van der Waals surface area contributed by atoms with Gasteiger partial charge < -0.3 is 9.64 Å². The summed E-state index contributed by atoms with van der Waals surface area (Å²) in [6, 6.07) is 11.4. The zero-order chi connectivity index (χ0) is 21.8. The predicted octanol–water partition coefficient (Wildman–Crippen LogP) is 3.90. The van der Waals surface area contributed by atoms with Crippen LogP contribution >= 0.6 is 11.8 Å². The van der Waals surface area contributed by atoms with Crippen molar-refractivity contribution in [3.05, 3.63) is 46.9 Å². The molecule has 3 amide bonds. The molecular formula is C24H22N2O4S. The molecule has 2 aliphatic rings. The molecule has 2 aromatic carbocycles. The van der Waals surface area contributed by atoms with Crippen molar-refractivity contribution in [2.24, 2.45) is 0 Å². The molecule has 2 heterocycles. The smallest absolute Gasteiger partial charge is 0.294 e. The van der Waals surface area contributed by atoms with Crippen LogP contribution in [0, 0.1) is 12.3 Å². The molecule has 2 aromatic rings. The van der Waals surface area contributed by atoms with E-state index in [0.717, 1.165) is 46.7 Å². The number of hydrogen-bond donors (Lipinski definition) is 0. The van der Waals surface area contributed by atoms with E-state index in [9.17, 15) is 14.4 Å². The molecule has 0 aromatic heterocycles. The fourth-order valence-corrected chi connectivity index (χ4v) is 4.64. The zero-order valence-corrected chi connectivity index (χ0v) is 17.8. The maximum absolute atomic E-state index is 13.0. The van der Waals surface area contributed by atoms with E-state index in [1.807, 2.05) is 30.3 Å². The third kappa shape index (κ3) is 4.44. The summed E-state index contributed by atoms with van der Waals surface area (Å²) in [5.74, 6) is 2.33. The summed E-state index contributed by atoms with van der Waals surface area (Å²) in [6.07, 6.45) is 10.00. The molecule has 158 valence electrons. The van der Waals surface area contributed by atoms with Crippen molar-refractivity contribution in [3.63, 3.8) is 0 Å². The monoisotopic (exact) mass is 434 g/mol. The maximum Gasteiger partial charge on any atom is 0.294 e. The Morgan fingerprint density at radius 1 is 1.13 bits per heavy atom. The summed E-state index contributed by atoms with van der Waals surface area (Å²) >= 11 is 0.838. The van der Waals surface area contributed by atoms with Crippen LogP contribution in [0.1, 0.15) is 24.8 Å². The lowest BCUT2D eigenvalue weighted by molar-refractivity contribution is -0.136. The number of ether oxygens (including phenoxy) is 1. The van der Waals surface area contributed by atoms with E-state index in [1.165, 1.54) is 0 Å². The Labute approximate surface area is 185 Å². The van der Waals surface area contributed by atoms with Crippen molar-refractivity contribution in [2.45, 2.75) is 19.3 Å². The average Bonchev–Trinajstić information content (AvgIpc) is 3.06. The summed E-state index contributed by atoms with van der Waals surface area (Å²) in [4.78, 5) is 41.1. The summed E-state index contributed by atoms with van der Waals surface area (Å²) in [7, 11) is 0. The Hall–Kier alpha value is -3.24. The van der Waals surface area contributed by atoms with Gasteiger partial charge >= 0.3 is 0 Å². The Bertz CT molecular complexity index is 1110. The van der Waals surface area contributed by atoms with Gasteiger partial charge in [-0.3, -0.25) is 19.3 Å². The fraction of sp³-hybridized carbons (Fsp3) is 0.292. The first-order valence-corrected chi connectivity index (χ1v) is 11.0. The number of amides is 3. The van der Waals surface area contributed by atoms with E-state index in [1.54, 1.807) is 17.0 Å². The number of benzene rings is 2. The highest BCUT2D eigenvalue weighted by Crippen LogP contribution is 2.36. The topological polar surface area (TPSA) is 66.9 Å². The SMILES string of the molecule is C#CCOc1ccc2ccccc2c1/C=C1\SC(=O)N(CC(=O)N2CCCCC2)C1=O. The maximum atomic E-state index is 13.0. The third-order valence-electron chi connectivity index (χ3n) is 5.39. The van der Waals surface area contributed by atoms with Crippen LogP contribution < -0.4 is 4.74 Å². The number of thioether (sulfide) groups is 1. The van der Waals surface area contributed by atoms with Crippen LogP contribution in [0.4, 0.5) is 4.79 Å². The zero-order valence-electron chi connectivity index (χ0n) is 17.0. The van der Waals surface area contributed by atoms with Crippen molar-refractivity contribution in [1.82, 2.24) is 9.80 Å². The van der Waals surface area contributed by atoms with Gasteiger partial charge in [-0.25, -0.2) is 0 Å². The minimum atomic E-state index is -0.462. The second-order valence-electron chi connectivity index (χ2n) is 7.40. The van der Waals surface area contributed by atoms with Crippen LogP contribution in [-0.4, -0.2) is 53.1 Å². The molecular weight excluding hydrogens is 412 g/mol. The number of rotatable bonds is 5. The van der Waals surface area contributed by atoms with Crippen LogP contribution in [0.15, 0.2) is 41.3 Å². The van der Waals surface area contributed by atoms with Gasteiger partial charge in [-0.15, -0.1) is 6.42 Å². The van der Waals surface area contributed by atoms with Crippen LogP contribution in [0.25, 0.3) is 16.8 Å². The Balaban J connectivity index is 1.62. The number of piperidine rings is 1. The fourth-order valence-electron chi connectivity index (χ4n) is 3.82. The highest BCUT2D eigenvalue weighted by Gasteiger charge is 2.37. The number of imide groups is 1. The Morgan fingerprint density at radius 3 is 2.68 bits per heavy atom. The van der Waals surface area contributed by atoms with E-state index in [4.69, 9.17) is 11.2 Å². The lowest BCUT2D eigenvalue weighted by atomic mass is 10.0. The normalized spacial score (nSPS) is 18.0. The molecule has 31 heavy (non-hydrogen) atoms. The quantitative estimate of drug-likeness (QED) is 0.527. The van der Waals surface area contributed by atoms with E-state index < -0.39 is 11.1 Å². The van der Waals surface area contributed by atoms with E-state index in [2.05, 4.69) is 5.92 Å². The van der Waals surface area contributed by atoms with E-state index in [0.29, 0.717) is 24.4 Å². The first-order valence-electron chi connectivity index (χ1n) is 10.2. The summed E-state index contributed by atoms with van der Waals surface area (Å²) < 4.78 is 5.68. The first-order chi connectivity index (χ1) is 15.1. The molecule has 2 saturated heterocycles. The number of carbonyl (C=O) groups is 3. The van der Waals surface area contributed by atoms with Gasteiger partial charge in [0.25, 0.3) is 11.1 Å². The molecule has 2 aliphatic heterocycles. The molecule has 0 spiro atoms. The third-order valence-corrected chi connectivity index (χ3v) is 6.30. The lowest BCUT2D eigenvalue weighted by Gasteiger charge is -2.27. The number of carbonyl (C=O) groups excluding carboxylic acids is 3. The summed E-state index contributed by atoms with van der Waals surface area (Å²) in [6.45, 7) is 1.22. The van der Waals surface area contributed by atoms with Gasteiger partial charge in [0.1, 0.15) is 18.9 Å². The molecule has 0 bridgehead atoms. The summed E-state index contributed by atoms with van der Waals surface area (Å²) in [5, 5.41) is 1.42. The first kappa shape index (κ1) is 21.0. The van der Waals surface area contributed by atoms with Crippen molar-refractivity contribution in [1.29, 1.82) is 0 Å². The van der Waals surface area contributed by atoms with Gasteiger partial charge in [0.05, 0.1) is 4.91 Å². The molecule has 0 N–H and O–H groups in total. The van der Waals surface area contributed by atoms with Gasteiger partial charge in [-0.05, 0) is 53.9 Å². The van der Waals surface area contributed by atoms with Crippen molar-refractivity contribution >= 4 is 45.7 Å². The minimum absolute atomic E-state index is 0.0883. The second kappa shape index (κ2) is 9.27. The molecule has 0 aliphatic carbocycles. The van der Waals surface area contributed by atoms with Crippen LogP contribution in [0.3, 0.4) is 0 Å². The number of hydrogen-bond acceptors (Lipinski definition) is 5. The van der Waals surface area contributed by atoms with Crippen molar-refractivity contribution in [2.75, 3.05) is 26.2 Å². The molecule has 7 heteroatoms. The number of terminal acetylenes is 1. The molecule has 2 fully saturated rings. The Morgan fingerprint density at radius 2 is 1.90 bits per heavy atom. The predicted molar refractivity (Wildman–Crippen MR) is 121 cm³/mol. The largest absolute Gasteiger partial charge is 0.480 e. The Kier molecular flexibility index (Phi) is 6.28. The van der Waals surface area contributed by atoms with Crippen molar-refractivity contribution in [3.8, 4) is 18.1 Å². The van der Waals surface area contributed by atoms with Gasteiger partial charge in [-0.2, -0.15) is 0 Å². The lowest BCUT2D eigenvalue weighted by Crippen LogP contribution is -2.44. The molecule has 0 radical (unpaired) electrons. The molecule has 6 nitrogen and oxygen atoms in total.